The highest BCUT2D eigenvalue weighted by atomic mass is 32.2. The van der Waals surface area contributed by atoms with Crippen molar-refractivity contribution in [1.82, 2.24) is 4.31 Å². The van der Waals surface area contributed by atoms with Gasteiger partial charge in [0.05, 0.1) is 12.0 Å². The molecule has 28 heavy (non-hydrogen) atoms. The fourth-order valence-corrected chi connectivity index (χ4v) is 5.28. The molecule has 0 spiro atoms. The zero-order chi connectivity index (χ0) is 20.1. The molecule has 1 aliphatic rings. The van der Waals surface area contributed by atoms with Crippen LogP contribution in [0.15, 0.2) is 53.4 Å². The molecule has 0 aromatic heterocycles. The van der Waals surface area contributed by atoms with E-state index in [1.807, 2.05) is 6.92 Å². The quantitative estimate of drug-likeness (QED) is 0.795. The molecule has 0 radical (unpaired) electrons. The highest BCUT2D eigenvalue weighted by Gasteiger charge is 2.32. The number of methoxy groups -OCH3 is 1. The van der Waals surface area contributed by atoms with Crippen LogP contribution in [0.4, 0.5) is 5.69 Å². The summed E-state index contributed by atoms with van der Waals surface area (Å²) >= 11 is 0. The Bertz CT molecular complexity index is 926. The first-order chi connectivity index (χ1) is 13.5. The van der Waals surface area contributed by atoms with Crippen molar-refractivity contribution >= 4 is 21.6 Å². The van der Waals surface area contributed by atoms with E-state index in [1.54, 1.807) is 59.9 Å². The van der Waals surface area contributed by atoms with Gasteiger partial charge in [-0.15, -0.1) is 0 Å². The minimum Gasteiger partial charge on any atom is -0.497 e. The number of carbonyl (C=O) groups is 1. The Morgan fingerprint density at radius 3 is 2.61 bits per heavy atom. The number of nitrogens with zero attached hydrogens (tertiary/aromatic N) is 1. The van der Waals surface area contributed by atoms with Crippen LogP contribution < -0.4 is 10.1 Å². The Kier molecular flexibility index (Phi) is 6.36. The normalized spacial score (nSPS) is 17.9. The molecule has 1 atom stereocenters. The molecule has 1 unspecified atom stereocenters. The molecule has 150 valence electrons. The molecule has 1 amide bonds. The van der Waals surface area contributed by atoms with Crippen molar-refractivity contribution in [2.75, 3.05) is 19.0 Å². The molecule has 1 N–H and O–H groups in total. The van der Waals surface area contributed by atoms with Crippen molar-refractivity contribution in [3.8, 4) is 5.75 Å². The Hall–Kier alpha value is -2.38. The molecule has 1 fully saturated rings. The van der Waals surface area contributed by atoms with Gasteiger partial charge in [-0.25, -0.2) is 8.42 Å². The van der Waals surface area contributed by atoms with Crippen molar-refractivity contribution < 1.29 is 17.9 Å². The minimum atomic E-state index is -3.53. The van der Waals surface area contributed by atoms with E-state index < -0.39 is 10.0 Å². The zero-order valence-electron chi connectivity index (χ0n) is 16.2. The van der Waals surface area contributed by atoms with E-state index in [9.17, 15) is 13.2 Å². The van der Waals surface area contributed by atoms with Gasteiger partial charge < -0.3 is 10.1 Å². The maximum absolute atomic E-state index is 13.0. The van der Waals surface area contributed by atoms with Gasteiger partial charge in [0.15, 0.2) is 0 Å². The molecule has 6 nitrogen and oxygen atoms in total. The summed E-state index contributed by atoms with van der Waals surface area (Å²) in [5, 5.41) is 2.78. The standard InChI is InChI=1S/C21H26N2O4S/c1-3-18-8-4-5-14-23(18)28(25,26)20-12-10-17(11-13-20)22-21(24)16-7-6-9-19(15-16)27-2/h6-7,9-13,15,18H,3-5,8,14H2,1-2H3,(H,22,24). The van der Waals surface area contributed by atoms with Crippen LogP contribution in [0.2, 0.25) is 0 Å². The summed E-state index contributed by atoms with van der Waals surface area (Å²) in [6.45, 7) is 2.59. The van der Waals surface area contributed by atoms with Gasteiger partial charge in [-0.1, -0.05) is 19.4 Å². The molecule has 0 aliphatic carbocycles. The number of nitrogens with one attached hydrogen (secondary N) is 1. The molecule has 1 aliphatic heterocycles. The third kappa shape index (κ3) is 4.36. The first-order valence-electron chi connectivity index (χ1n) is 9.53. The van der Waals surface area contributed by atoms with Gasteiger partial charge in [0, 0.05) is 23.8 Å². The third-order valence-electron chi connectivity index (χ3n) is 5.10. The molecular formula is C21H26N2O4S. The molecule has 1 saturated heterocycles. The number of carbonyl (C=O) groups excluding carboxylic acids is 1. The van der Waals surface area contributed by atoms with Gasteiger partial charge in [0.2, 0.25) is 10.0 Å². The number of benzene rings is 2. The summed E-state index contributed by atoms with van der Waals surface area (Å²) in [6, 6.07) is 13.3. The van der Waals surface area contributed by atoms with Gasteiger partial charge in [-0.3, -0.25) is 4.79 Å². The van der Waals surface area contributed by atoms with Crippen LogP contribution >= 0.6 is 0 Å². The molecular weight excluding hydrogens is 376 g/mol. The van der Waals surface area contributed by atoms with E-state index in [1.165, 1.54) is 0 Å². The monoisotopic (exact) mass is 402 g/mol. The molecule has 2 aromatic carbocycles. The molecule has 3 rings (SSSR count). The van der Waals surface area contributed by atoms with E-state index in [4.69, 9.17) is 4.74 Å². The van der Waals surface area contributed by atoms with E-state index in [0.717, 1.165) is 25.7 Å². The van der Waals surface area contributed by atoms with Crippen LogP contribution in [0, 0.1) is 0 Å². The largest absolute Gasteiger partial charge is 0.497 e. The van der Waals surface area contributed by atoms with Crippen molar-refractivity contribution in [2.45, 2.75) is 43.5 Å². The second kappa shape index (κ2) is 8.75. The highest BCUT2D eigenvalue weighted by Crippen LogP contribution is 2.27. The first kappa shape index (κ1) is 20.4. The van der Waals surface area contributed by atoms with Crippen LogP contribution in [0.1, 0.15) is 43.0 Å². The maximum atomic E-state index is 13.0. The van der Waals surface area contributed by atoms with Gasteiger partial charge in [0.1, 0.15) is 5.75 Å². The van der Waals surface area contributed by atoms with Crippen LogP contribution in [0.25, 0.3) is 0 Å². The Labute approximate surface area is 166 Å². The predicted octanol–water partition coefficient (Wildman–Crippen LogP) is 3.90. The Morgan fingerprint density at radius 1 is 1.18 bits per heavy atom. The second-order valence-corrected chi connectivity index (χ2v) is 8.77. The average molecular weight is 403 g/mol. The van der Waals surface area contributed by atoms with Crippen LogP contribution in [-0.2, 0) is 10.0 Å². The van der Waals surface area contributed by atoms with Crippen molar-refractivity contribution in [2.24, 2.45) is 0 Å². The summed E-state index contributed by atoms with van der Waals surface area (Å²) in [7, 11) is -1.98. The molecule has 0 bridgehead atoms. The van der Waals surface area contributed by atoms with Crippen LogP contribution in [-0.4, -0.2) is 38.3 Å². The van der Waals surface area contributed by atoms with Crippen molar-refractivity contribution in [3.05, 3.63) is 54.1 Å². The highest BCUT2D eigenvalue weighted by molar-refractivity contribution is 7.89. The van der Waals surface area contributed by atoms with Crippen LogP contribution in [0.5, 0.6) is 5.75 Å². The average Bonchev–Trinajstić information content (AvgIpc) is 2.74. The first-order valence-corrected chi connectivity index (χ1v) is 11.0. The molecule has 7 heteroatoms. The second-order valence-electron chi connectivity index (χ2n) is 6.88. The number of ether oxygens (including phenoxy) is 1. The van der Waals surface area contributed by atoms with Gasteiger partial charge in [-0.2, -0.15) is 4.31 Å². The van der Waals surface area contributed by atoms with Crippen LogP contribution in [0.3, 0.4) is 0 Å². The van der Waals surface area contributed by atoms with E-state index in [2.05, 4.69) is 5.32 Å². The number of piperidine rings is 1. The zero-order valence-corrected chi connectivity index (χ0v) is 17.0. The molecule has 0 saturated carbocycles. The number of sulfonamides is 1. The fraction of sp³-hybridized carbons (Fsp3) is 0.381. The smallest absolute Gasteiger partial charge is 0.255 e. The number of hydrogen-bond donors (Lipinski definition) is 1. The van der Waals surface area contributed by atoms with Crippen molar-refractivity contribution in [1.29, 1.82) is 0 Å². The SMILES string of the molecule is CCC1CCCCN1S(=O)(=O)c1ccc(NC(=O)c2cccc(OC)c2)cc1. The minimum absolute atomic E-state index is 0.0613. The van der Waals surface area contributed by atoms with E-state index in [0.29, 0.717) is 23.5 Å². The summed E-state index contributed by atoms with van der Waals surface area (Å²) in [4.78, 5) is 12.7. The number of hydrogen-bond acceptors (Lipinski definition) is 4. The number of anilines is 1. The van der Waals surface area contributed by atoms with Gasteiger partial charge >= 0.3 is 0 Å². The lowest BCUT2D eigenvalue weighted by Gasteiger charge is -2.34. The fourth-order valence-electron chi connectivity index (χ4n) is 3.51. The topological polar surface area (TPSA) is 75.7 Å². The summed E-state index contributed by atoms with van der Waals surface area (Å²) in [6.07, 6.45) is 3.68. The lowest BCUT2D eigenvalue weighted by atomic mass is 10.0. The third-order valence-corrected chi connectivity index (χ3v) is 7.06. The molecule has 1 heterocycles. The van der Waals surface area contributed by atoms with Gasteiger partial charge in [0.25, 0.3) is 5.91 Å². The molecule has 2 aromatic rings. The Balaban J connectivity index is 1.74. The lowest BCUT2D eigenvalue weighted by molar-refractivity contribution is 0.102. The number of rotatable bonds is 6. The summed E-state index contributed by atoms with van der Waals surface area (Å²) in [5.74, 6) is 0.317. The van der Waals surface area contributed by atoms with Gasteiger partial charge in [-0.05, 0) is 61.7 Å². The van der Waals surface area contributed by atoms with E-state index in [-0.39, 0.29) is 16.8 Å². The predicted molar refractivity (Wildman–Crippen MR) is 109 cm³/mol. The van der Waals surface area contributed by atoms with Crippen molar-refractivity contribution in [3.63, 3.8) is 0 Å². The maximum Gasteiger partial charge on any atom is 0.255 e. The summed E-state index contributed by atoms with van der Waals surface area (Å²) in [5.41, 5.74) is 1.01. The lowest BCUT2D eigenvalue weighted by Crippen LogP contribution is -2.43. The summed E-state index contributed by atoms with van der Waals surface area (Å²) < 4.78 is 32.8. The Morgan fingerprint density at radius 2 is 1.93 bits per heavy atom. The number of amides is 1. The van der Waals surface area contributed by atoms with E-state index >= 15 is 0 Å².